The third-order valence-corrected chi connectivity index (χ3v) is 4.04. The first-order valence-corrected chi connectivity index (χ1v) is 6.64. The van der Waals surface area contributed by atoms with Crippen LogP contribution in [0.5, 0.6) is 0 Å². The number of aliphatic carboxylic acids is 1. The van der Waals surface area contributed by atoms with E-state index in [0.717, 1.165) is 32.4 Å². The first-order chi connectivity index (χ1) is 8.88. The Kier molecular flexibility index (Phi) is 4.35. The van der Waals surface area contributed by atoms with Crippen molar-refractivity contribution in [2.75, 3.05) is 32.7 Å². The van der Waals surface area contributed by atoms with Crippen LogP contribution in [0.2, 0.25) is 0 Å². The SMILES string of the molecule is O=C(O)C(CN1CCC(N2CCCC2)C1)C(F)(F)F. The zero-order chi connectivity index (χ0) is 14.0. The zero-order valence-electron chi connectivity index (χ0n) is 10.7. The number of carboxylic acids is 1. The van der Waals surface area contributed by atoms with Gasteiger partial charge in [-0.2, -0.15) is 13.2 Å². The predicted molar refractivity (Wildman–Crippen MR) is 62.8 cm³/mol. The van der Waals surface area contributed by atoms with E-state index < -0.39 is 24.6 Å². The number of alkyl halides is 3. The highest BCUT2D eigenvalue weighted by Crippen LogP contribution is 2.29. The van der Waals surface area contributed by atoms with Gasteiger partial charge in [-0.3, -0.25) is 9.69 Å². The largest absolute Gasteiger partial charge is 0.481 e. The van der Waals surface area contributed by atoms with Gasteiger partial charge in [-0.1, -0.05) is 0 Å². The lowest BCUT2D eigenvalue weighted by atomic mass is 10.1. The molecule has 2 fully saturated rings. The maximum Gasteiger partial charge on any atom is 0.403 e. The Morgan fingerprint density at radius 3 is 2.42 bits per heavy atom. The summed E-state index contributed by atoms with van der Waals surface area (Å²) in [6.45, 7) is 2.71. The van der Waals surface area contributed by atoms with E-state index in [1.165, 1.54) is 0 Å². The highest BCUT2D eigenvalue weighted by Gasteiger charge is 2.46. The van der Waals surface area contributed by atoms with Crippen LogP contribution in [0, 0.1) is 5.92 Å². The molecule has 0 spiro atoms. The van der Waals surface area contributed by atoms with Crippen LogP contribution >= 0.6 is 0 Å². The molecule has 2 aliphatic rings. The molecule has 110 valence electrons. The van der Waals surface area contributed by atoms with Crippen molar-refractivity contribution in [3.8, 4) is 0 Å². The Morgan fingerprint density at radius 1 is 1.26 bits per heavy atom. The Hall–Kier alpha value is -0.820. The number of hydrogen-bond acceptors (Lipinski definition) is 3. The van der Waals surface area contributed by atoms with Crippen LogP contribution in [0.3, 0.4) is 0 Å². The van der Waals surface area contributed by atoms with Crippen LogP contribution in [-0.4, -0.2) is 65.8 Å². The summed E-state index contributed by atoms with van der Waals surface area (Å²) in [7, 11) is 0. The normalized spacial score (nSPS) is 27.8. The third-order valence-electron chi connectivity index (χ3n) is 4.04. The molecule has 2 saturated heterocycles. The molecule has 0 aromatic carbocycles. The predicted octanol–water partition coefficient (Wildman–Crippen LogP) is 1.42. The van der Waals surface area contributed by atoms with Crippen molar-refractivity contribution < 1.29 is 23.1 Å². The van der Waals surface area contributed by atoms with E-state index in [-0.39, 0.29) is 0 Å². The fourth-order valence-electron chi connectivity index (χ4n) is 2.96. The Labute approximate surface area is 110 Å². The molecular weight excluding hydrogens is 261 g/mol. The molecule has 2 rings (SSSR count). The number of carboxylic acid groups (broad SMARTS) is 1. The first-order valence-electron chi connectivity index (χ1n) is 6.64. The highest BCUT2D eigenvalue weighted by atomic mass is 19.4. The summed E-state index contributed by atoms with van der Waals surface area (Å²) in [5.41, 5.74) is 0. The molecule has 1 N–H and O–H groups in total. The fraction of sp³-hybridized carbons (Fsp3) is 0.917. The van der Waals surface area contributed by atoms with E-state index in [2.05, 4.69) is 4.90 Å². The van der Waals surface area contributed by atoms with Gasteiger partial charge >= 0.3 is 12.1 Å². The van der Waals surface area contributed by atoms with Gasteiger partial charge in [0.05, 0.1) is 0 Å². The number of carbonyl (C=O) groups is 1. The fourth-order valence-corrected chi connectivity index (χ4v) is 2.96. The summed E-state index contributed by atoms with van der Waals surface area (Å²) in [5.74, 6) is -4.05. The van der Waals surface area contributed by atoms with Crippen molar-refractivity contribution in [1.29, 1.82) is 0 Å². The smallest absolute Gasteiger partial charge is 0.403 e. The van der Waals surface area contributed by atoms with Gasteiger partial charge in [0.2, 0.25) is 0 Å². The van der Waals surface area contributed by atoms with E-state index >= 15 is 0 Å². The molecule has 0 radical (unpaired) electrons. The highest BCUT2D eigenvalue weighted by molar-refractivity contribution is 5.71. The molecule has 19 heavy (non-hydrogen) atoms. The quantitative estimate of drug-likeness (QED) is 0.846. The number of likely N-dealkylation sites (tertiary alicyclic amines) is 2. The third kappa shape index (κ3) is 3.60. The first kappa shape index (κ1) is 14.6. The Morgan fingerprint density at radius 2 is 1.89 bits per heavy atom. The lowest BCUT2D eigenvalue weighted by molar-refractivity contribution is -0.196. The van der Waals surface area contributed by atoms with Gasteiger partial charge < -0.3 is 10.0 Å². The molecule has 0 amide bonds. The standard InChI is InChI=1S/C12H19F3N2O2/c13-12(14,15)10(11(18)19)8-16-6-3-9(7-16)17-4-1-2-5-17/h9-10H,1-8H2,(H,18,19). The van der Waals surface area contributed by atoms with E-state index in [1.54, 1.807) is 4.90 Å². The van der Waals surface area contributed by atoms with Crippen LogP contribution in [0.15, 0.2) is 0 Å². The van der Waals surface area contributed by atoms with Gasteiger partial charge in [0.15, 0.2) is 5.92 Å². The summed E-state index contributed by atoms with van der Waals surface area (Å²) < 4.78 is 37.8. The lowest BCUT2D eigenvalue weighted by Gasteiger charge is -2.25. The van der Waals surface area contributed by atoms with Crippen molar-refractivity contribution >= 4 is 5.97 Å². The van der Waals surface area contributed by atoms with Crippen molar-refractivity contribution in [2.45, 2.75) is 31.5 Å². The van der Waals surface area contributed by atoms with Crippen molar-refractivity contribution in [1.82, 2.24) is 9.80 Å². The summed E-state index contributed by atoms with van der Waals surface area (Å²) in [6.07, 6.45) is -1.53. The minimum Gasteiger partial charge on any atom is -0.481 e. The second kappa shape index (κ2) is 5.66. The van der Waals surface area contributed by atoms with Crippen molar-refractivity contribution in [3.05, 3.63) is 0 Å². The number of hydrogen-bond donors (Lipinski definition) is 1. The van der Waals surface area contributed by atoms with Crippen LogP contribution in [-0.2, 0) is 4.79 Å². The average molecular weight is 280 g/mol. The Balaban J connectivity index is 1.88. The van der Waals surface area contributed by atoms with E-state index in [4.69, 9.17) is 5.11 Å². The summed E-state index contributed by atoms with van der Waals surface area (Å²) in [4.78, 5) is 14.7. The lowest BCUT2D eigenvalue weighted by Crippen LogP contribution is -2.42. The minimum absolute atomic E-state index is 0.296. The molecule has 0 bridgehead atoms. The molecule has 4 nitrogen and oxygen atoms in total. The van der Waals surface area contributed by atoms with Gasteiger partial charge in [0.25, 0.3) is 0 Å². The summed E-state index contributed by atoms with van der Waals surface area (Å²) in [6, 6.07) is 0.296. The summed E-state index contributed by atoms with van der Waals surface area (Å²) in [5, 5.41) is 8.69. The van der Waals surface area contributed by atoms with Crippen molar-refractivity contribution in [3.63, 3.8) is 0 Å². The van der Waals surface area contributed by atoms with Gasteiger partial charge in [-0.05, 0) is 38.9 Å². The maximum atomic E-state index is 12.6. The van der Waals surface area contributed by atoms with Gasteiger partial charge in [-0.15, -0.1) is 0 Å². The van der Waals surface area contributed by atoms with E-state index in [1.807, 2.05) is 0 Å². The van der Waals surface area contributed by atoms with Gasteiger partial charge in [-0.25, -0.2) is 0 Å². The molecule has 2 aliphatic heterocycles. The average Bonchev–Trinajstić information content (AvgIpc) is 2.94. The van der Waals surface area contributed by atoms with Gasteiger partial charge in [0.1, 0.15) is 0 Å². The second-order valence-electron chi connectivity index (χ2n) is 5.38. The minimum atomic E-state index is -4.67. The topological polar surface area (TPSA) is 43.8 Å². The van der Waals surface area contributed by atoms with E-state index in [9.17, 15) is 18.0 Å². The molecule has 0 aromatic rings. The molecule has 2 atom stereocenters. The monoisotopic (exact) mass is 280 g/mol. The number of rotatable bonds is 4. The second-order valence-corrected chi connectivity index (χ2v) is 5.38. The zero-order valence-corrected chi connectivity index (χ0v) is 10.7. The number of nitrogens with zero attached hydrogens (tertiary/aromatic N) is 2. The van der Waals surface area contributed by atoms with Crippen LogP contribution in [0.4, 0.5) is 13.2 Å². The number of halogens is 3. The molecule has 7 heteroatoms. The van der Waals surface area contributed by atoms with Gasteiger partial charge in [0, 0.05) is 19.1 Å². The molecule has 2 unspecified atom stereocenters. The molecule has 0 aliphatic carbocycles. The molecular formula is C12H19F3N2O2. The van der Waals surface area contributed by atoms with Crippen molar-refractivity contribution in [2.24, 2.45) is 5.92 Å². The van der Waals surface area contributed by atoms with Crippen LogP contribution < -0.4 is 0 Å². The van der Waals surface area contributed by atoms with Crippen LogP contribution in [0.1, 0.15) is 19.3 Å². The molecule has 0 saturated carbocycles. The molecule has 2 heterocycles. The molecule has 0 aromatic heterocycles. The summed E-state index contributed by atoms with van der Waals surface area (Å²) >= 11 is 0. The van der Waals surface area contributed by atoms with Crippen LogP contribution in [0.25, 0.3) is 0 Å². The Bertz CT molecular complexity index is 329. The van der Waals surface area contributed by atoms with E-state index in [0.29, 0.717) is 19.1 Å². The maximum absolute atomic E-state index is 12.6.